The van der Waals surface area contributed by atoms with Crippen LogP contribution in [-0.2, 0) is 4.74 Å². The van der Waals surface area contributed by atoms with Gasteiger partial charge in [0, 0.05) is 31.1 Å². The molecule has 1 aromatic rings. The maximum absolute atomic E-state index is 12.4. The Labute approximate surface area is 208 Å². The van der Waals surface area contributed by atoms with E-state index in [-0.39, 0.29) is 41.1 Å². The molecular formula is C28H42N2O5. The monoisotopic (exact) mass is 486 g/mol. The molecule has 0 saturated heterocycles. The normalized spacial score (nSPS) is 42.5. The lowest BCUT2D eigenvalue weighted by Crippen LogP contribution is -2.62. The minimum Gasteiger partial charge on any atom is -0.448 e. The topological polar surface area (TPSA) is 106 Å². The van der Waals surface area contributed by atoms with E-state index in [1.54, 1.807) is 11.2 Å². The first-order chi connectivity index (χ1) is 16.6. The number of hydrogen-bond acceptors (Lipinski definition) is 6. The molecule has 35 heavy (non-hydrogen) atoms. The second-order valence-corrected chi connectivity index (χ2v) is 12.3. The van der Waals surface area contributed by atoms with Gasteiger partial charge in [0.2, 0.25) is 0 Å². The fourth-order valence-electron chi connectivity index (χ4n) is 9.05. The highest BCUT2D eigenvalue weighted by molar-refractivity contribution is 5.67. The van der Waals surface area contributed by atoms with Gasteiger partial charge in [-0.15, -0.1) is 0 Å². The van der Waals surface area contributed by atoms with Crippen LogP contribution in [0.1, 0.15) is 83.1 Å². The van der Waals surface area contributed by atoms with Gasteiger partial charge in [-0.25, -0.2) is 9.59 Å². The summed E-state index contributed by atoms with van der Waals surface area (Å²) in [5.41, 5.74) is 5.51. The Balaban J connectivity index is 1.34. The van der Waals surface area contributed by atoms with Crippen LogP contribution in [-0.4, -0.2) is 47.9 Å². The molecule has 4 fully saturated rings. The standard InChI is InChI=1S/C28H42N2O5/c1-26-11-8-20(30(3)25(32)34-15-14-29)16-19(26)5-6-23-22(26)9-12-27(2)21(10-13-28(23,27)33)18-4-7-24(31)35-17-18/h4,7,17,19-23,33H,5-6,8-16,29H2,1-3H3/t19-,20+,21-,22+,23-,26+,27-,28+/m1/s1. The molecule has 4 aliphatic carbocycles. The van der Waals surface area contributed by atoms with E-state index < -0.39 is 5.60 Å². The van der Waals surface area contributed by atoms with E-state index >= 15 is 0 Å². The third-order valence-corrected chi connectivity index (χ3v) is 11.1. The van der Waals surface area contributed by atoms with Crippen LogP contribution in [0.4, 0.5) is 4.79 Å². The molecule has 0 aliphatic heterocycles. The maximum atomic E-state index is 12.4. The van der Waals surface area contributed by atoms with Crippen molar-refractivity contribution in [2.24, 2.45) is 34.3 Å². The summed E-state index contributed by atoms with van der Waals surface area (Å²) in [6, 6.07) is 3.61. The van der Waals surface area contributed by atoms with Gasteiger partial charge >= 0.3 is 11.7 Å². The quantitative estimate of drug-likeness (QED) is 0.658. The minimum absolute atomic E-state index is 0.191. The first kappa shape index (κ1) is 24.8. The smallest absolute Gasteiger partial charge is 0.409 e. The van der Waals surface area contributed by atoms with Gasteiger partial charge in [0.15, 0.2) is 0 Å². The molecule has 1 aromatic heterocycles. The van der Waals surface area contributed by atoms with Crippen molar-refractivity contribution in [3.8, 4) is 0 Å². The second-order valence-electron chi connectivity index (χ2n) is 12.3. The summed E-state index contributed by atoms with van der Waals surface area (Å²) in [5, 5.41) is 12.4. The molecule has 0 bridgehead atoms. The predicted molar refractivity (Wildman–Crippen MR) is 133 cm³/mol. The van der Waals surface area contributed by atoms with Gasteiger partial charge in [-0.05, 0) is 98.5 Å². The van der Waals surface area contributed by atoms with Crippen LogP contribution in [0.2, 0.25) is 0 Å². The van der Waals surface area contributed by atoms with Crippen LogP contribution < -0.4 is 11.4 Å². The molecule has 0 aromatic carbocycles. The Bertz CT molecular complexity index is 991. The largest absolute Gasteiger partial charge is 0.448 e. The Morgan fingerprint density at radius 2 is 1.94 bits per heavy atom. The van der Waals surface area contributed by atoms with Gasteiger partial charge in [-0.1, -0.05) is 13.8 Å². The molecule has 0 unspecified atom stereocenters. The molecule has 3 N–H and O–H groups in total. The maximum Gasteiger partial charge on any atom is 0.409 e. The van der Waals surface area contributed by atoms with Gasteiger partial charge in [-0.3, -0.25) is 0 Å². The molecule has 4 saturated carbocycles. The highest BCUT2D eigenvalue weighted by Crippen LogP contribution is 2.70. The number of nitrogens with zero attached hydrogens (tertiary/aromatic N) is 1. The van der Waals surface area contributed by atoms with E-state index in [0.29, 0.717) is 24.3 Å². The zero-order chi connectivity index (χ0) is 25.0. The molecule has 1 amide bonds. The lowest BCUT2D eigenvalue weighted by molar-refractivity contribution is -0.203. The second kappa shape index (κ2) is 8.91. The summed E-state index contributed by atoms with van der Waals surface area (Å²) in [5.74, 6) is 1.57. The van der Waals surface area contributed by atoms with Crippen molar-refractivity contribution in [1.82, 2.24) is 4.90 Å². The van der Waals surface area contributed by atoms with E-state index in [4.69, 9.17) is 14.9 Å². The molecule has 7 nitrogen and oxygen atoms in total. The third-order valence-electron chi connectivity index (χ3n) is 11.1. The van der Waals surface area contributed by atoms with Crippen molar-refractivity contribution in [1.29, 1.82) is 0 Å². The summed E-state index contributed by atoms with van der Waals surface area (Å²) >= 11 is 0. The number of rotatable bonds is 4. The fraction of sp³-hybridized carbons (Fsp3) is 0.786. The van der Waals surface area contributed by atoms with Crippen molar-refractivity contribution in [3.63, 3.8) is 0 Å². The number of aliphatic hydroxyl groups is 1. The van der Waals surface area contributed by atoms with Crippen LogP contribution in [0.25, 0.3) is 0 Å². The van der Waals surface area contributed by atoms with Gasteiger partial charge in [0.1, 0.15) is 6.61 Å². The van der Waals surface area contributed by atoms with E-state index in [2.05, 4.69) is 13.8 Å². The van der Waals surface area contributed by atoms with Crippen LogP contribution in [0.3, 0.4) is 0 Å². The number of fused-ring (bicyclic) bond motifs is 5. The number of amides is 1. The van der Waals surface area contributed by atoms with Gasteiger partial charge in [0.05, 0.1) is 11.9 Å². The summed E-state index contributed by atoms with van der Waals surface area (Å²) < 4.78 is 10.5. The Morgan fingerprint density at radius 1 is 1.14 bits per heavy atom. The third kappa shape index (κ3) is 3.76. The number of carbonyl (C=O) groups excluding carboxylic acids is 1. The summed E-state index contributed by atoms with van der Waals surface area (Å²) in [4.78, 5) is 25.7. The van der Waals surface area contributed by atoms with E-state index in [1.807, 2.05) is 13.1 Å². The van der Waals surface area contributed by atoms with E-state index in [0.717, 1.165) is 63.4 Å². The Hall–Kier alpha value is -1.86. The molecule has 5 rings (SSSR count). The molecule has 1 heterocycles. The summed E-state index contributed by atoms with van der Waals surface area (Å²) in [6.45, 7) is 5.34. The van der Waals surface area contributed by atoms with Crippen molar-refractivity contribution >= 4 is 6.09 Å². The first-order valence-electron chi connectivity index (χ1n) is 13.5. The predicted octanol–water partition coefficient (Wildman–Crippen LogP) is 4.28. The van der Waals surface area contributed by atoms with Crippen LogP contribution >= 0.6 is 0 Å². The lowest BCUT2D eigenvalue weighted by Gasteiger charge is -2.64. The molecule has 194 valence electrons. The average molecular weight is 487 g/mol. The number of hydrogen-bond donors (Lipinski definition) is 2. The van der Waals surface area contributed by atoms with Crippen molar-refractivity contribution < 1.29 is 19.1 Å². The van der Waals surface area contributed by atoms with Crippen molar-refractivity contribution in [3.05, 3.63) is 34.4 Å². The number of ether oxygens (including phenoxy) is 1. The van der Waals surface area contributed by atoms with Crippen LogP contribution in [0.15, 0.2) is 27.6 Å². The summed E-state index contributed by atoms with van der Waals surface area (Å²) in [7, 11) is 1.86. The van der Waals surface area contributed by atoms with E-state index in [9.17, 15) is 14.7 Å². The SMILES string of the molecule is CN(C(=O)OCCN)[C@H]1CC[C@@]2(C)[C@H](CC[C@@H]3[C@@H]2CC[C@]2(C)[C@@H](c4ccc(=O)oc4)CC[C@]32O)C1. The lowest BCUT2D eigenvalue weighted by atomic mass is 9.43. The minimum atomic E-state index is -0.690. The molecule has 0 radical (unpaired) electrons. The highest BCUT2D eigenvalue weighted by atomic mass is 16.6. The van der Waals surface area contributed by atoms with Gasteiger partial charge < -0.3 is 24.9 Å². The van der Waals surface area contributed by atoms with E-state index in [1.165, 1.54) is 6.07 Å². The van der Waals surface area contributed by atoms with Gasteiger partial charge in [-0.2, -0.15) is 0 Å². The molecule has 7 heteroatoms. The van der Waals surface area contributed by atoms with Crippen LogP contribution in [0, 0.1) is 28.6 Å². The van der Waals surface area contributed by atoms with Crippen molar-refractivity contribution in [2.75, 3.05) is 20.2 Å². The van der Waals surface area contributed by atoms with Gasteiger partial charge in [0.25, 0.3) is 0 Å². The molecular weight excluding hydrogens is 444 g/mol. The highest BCUT2D eigenvalue weighted by Gasteiger charge is 2.67. The summed E-state index contributed by atoms with van der Waals surface area (Å²) in [6.07, 6.45) is 10.4. The molecule has 0 spiro atoms. The van der Waals surface area contributed by atoms with Crippen molar-refractivity contribution in [2.45, 2.75) is 89.2 Å². The first-order valence-corrected chi connectivity index (χ1v) is 13.5. The fourth-order valence-corrected chi connectivity index (χ4v) is 9.05. The zero-order valence-electron chi connectivity index (χ0n) is 21.5. The number of nitrogens with two attached hydrogens (primary N) is 1. The zero-order valence-corrected chi connectivity index (χ0v) is 21.5. The Kier molecular flexibility index (Phi) is 6.32. The average Bonchev–Trinajstić information content (AvgIpc) is 3.13. The molecule has 4 aliphatic rings. The van der Waals surface area contributed by atoms with Crippen LogP contribution in [0.5, 0.6) is 0 Å². The Morgan fingerprint density at radius 3 is 2.66 bits per heavy atom. The molecule has 8 atom stereocenters. The number of carbonyl (C=O) groups is 1.